The summed E-state index contributed by atoms with van der Waals surface area (Å²) in [7, 11) is 0. The second-order valence-electron chi connectivity index (χ2n) is 6.21. The molecule has 26 heavy (non-hydrogen) atoms. The van der Waals surface area contributed by atoms with Gasteiger partial charge in [0.2, 0.25) is 5.91 Å². The lowest BCUT2D eigenvalue weighted by Crippen LogP contribution is -2.46. The van der Waals surface area contributed by atoms with E-state index in [-0.39, 0.29) is 30.1 Å². The van der Waals surface area contributed by atoms with E-state index in [1.165, 1.54) is 4.90 Å². The van der Waals surface area contributed by atoms with Crippen LogP contribution in [-0.2, 0) is 4.79 Å². The molecule has 2 aromatic rings. The van der Waals surface area contributed by atoms with Crippen LogP contribution in [0.3, 0.4) is 0 Å². The molecule has 2 heterocycles. The molecule has 3 rings (SSSR count). The van der Waals surface area contributed by atoms with Gasteiger partial charge in [0.25, 0.3) is 5.91 Å². The standard InChI is InChI=1S/C18H21N5O2S/c1-2-11-23(18(25)15-12-26-22-21-15)16(13-7-9-19-10-8-13)17(24)20-14-5-3-4-6-14/h2,7-10,12,14,16H,1,3-6,11H2,(H,20,24). The Balaban J connectivity index is 1.92. The Labute approximate surface area is 156 Å². The molecule has 1 aliphatic carbocycles. The third kappa shape index (κ3) is 4.13. The molecule has 1 fully saturated rings. The molecule has 1 saturated carbocycles. The van der Waals surface area contributed by atoms with Crippen LogP contribution in [0.1, 0.15) is 47.8 Å². The lowest BCUT2D eigenvalue weighted by Gasteiger charge is -2.30. The summed E-state index contributed by atoms with van der Waals surface area (Å²) in [4.78, 5) is 31.5. The largest absolute Gasteiger partial charge is 0.351 e. The minimum atomic E-state index is -0.772. The Morgan fingerprint density at radius 3 is 2.69 bits per heavy atom. The van der Waals surface area contributed by atoms with Crippen molar-refractivity contribution in [2.24, 2.45) is 0 Å². The molecule has 0 bridgehead atoms. The molecule has 0 radical (unpaired) electrons. The molecule has 0 aliphatic heterocycles. The maximum absolute atomic E-state index is 13.1. The van der Waals surface area contributed by atoms with Gasteiger partial charge in [-0.3, -0.25) is 14.6 Å². The predicted octanol–water partition coefficient (Wildman–Crippen LogP) is 2.36. The first kappa shape index (κ1) is 18.2. The third-order valence-electron chi connectivity index (χ3n) is 4.45. The minimum Gasteiger partial charge on any atom is -0.351 e. The van der Waals surface area contributed by atoms with Crippen LogP contribution in [0.15, 0.2) is 42.6 Å². The Bertz CT molecular complexity index is 744. The summed E-state index contributed by atoms with van der Waals surface area (Å²) in [6.45, 7) is 3.96. The number of rotatable bonds is 7. The topological polar surface area (TPSA) is 88.1 Å². The second kappa shape index (κ2) is 8.66. The first-order chi connectivity index (χ1) is 12.7. The van der Waals surface area contributed by atoms with Crippen molar-refractivity contribution < 1.29 is 9.59 Å². The SMILES string of the molecule is C=CCN(C(=O)c1csnn1)C(C(=O)NC1CCCC1)c1ccncc1. The van der Waals surface area contributed by atoms with Crippen molar-refractivity contribution in [3.63, 3.8) is 0 Å². The molecule has 1 atom stereocenters. The van der Waals surface area contributed by atoms with Crippen molar-refractivity contribution >= 4 is 23.3 Å². The van der Waals surface area contributed by atoms with Crippen molar-refractivity contribution in [2.45, 2.75) is 37.8 Å². The monoisotopic (exact) mass is 371 g/mol. The minimum absolute atomic E-state index is 0.161. The molecular weight excluding hydrogens is 350 g/mol. The molecule has 7 nitrogen and oxygen atoms in total. The number of hydrogen-bond acceptors (Lipinski definition) is 6. The van der Waals surface area contributed by atoms with E-state index >= 15 is 0 Å². The normalized spacial score (nSPS) is 15.4. The van der Waals surface area contributed by atoms with Gasteiger partial charge >= 0.3 is 0 Å². The summed E-state index contributed by atoms with van der Waals surface area (Å²) in [5.74, 6) is -0.538. The molecule has 8 heteroatoms. The molecule has 2 amide bonds. The average Bonchev–Trinajstić information content (AvgIpc) is 3.35. The van der Waals surface area contributed by atoms with Crippen LogP contribution in [0, 0.1) is 0 Å². The van der Waals surface area contributed by atoms with Crippen molar-refractivity contribution in [3.8, 4) is 0 Å². The Hall–Kier alpha value is -2.61. The van der Waals surface area contributed by atoms with Gasteiger partial charge in [-0.1, -0.05) is 23.4 Å². The number of pyridine rings is 1. The molecule has 2 aromatic heterocycles. The molecular formula is C18H21N5O2S. The summed E-state index contributed by atoms with van der Waals surface area (Å²) in [5.41, 5.74) is 0.929. The summed E-state index contributed by atoms with van der Waals surface area (Å²) >= 11 is 1.10. The van der Waals surface area contributed by atoms with Crippen molar-refractivity contribution in [2.75, 3.05) is 6.54 Å². The van der Waals surface area contributed by atoms with E-state index in [0.717, 1.165) is 37.2 Å². The maximum atomic E-state index is 13.1. The van der Waals surface area contributed by atoms with E-state index in [4.69, 9.17) is 0 Å². The summed E-state index contributed by atoms with van der Waals surface area (Å²) in [5, 5.41) is 8.53. The van der Waals surface area contributed by atoms with Crippen LogP contribution in [0.2, 0.25) is 0 Å². The van der Waals surface area contributed by atoms with Gasteiger partial charge in [-0.05, 0) is 42.1 Å². The van der Waals surface area contributed by atoms with Gasteiger partial charge in [0.05, 0.1) is 0 Å². The quantitative estimate of drug-likeness (QED) is 0.755. The van der Waals surface area contributed by atoms with E-state index in [0.29, 0.717) is 5.56 Å². The number of amides is 2. The van der Waals surface area contributed by atoms with Gasteiger partial charge < -0.3 is 10.2 Å². The lowest BCUT2D eigenvalue weighted by molar-refractivity contribution is -0.126. The van der Waals surface area contributed by atoms with Crippen molar-refractivity contribution in [3.05, 3.63) is 53.8 Å². The van der Waals surface area contributed by atoms with Crippen LogP contribution >= 0.6 is 11.5 Å². The second-order valence-corrected chi connectivity index (χ2v) is 6.82. The molecule has 0 aromatic carbocycles. The smallest absolute Gasteiger partial charge is 0.276 e. The maximum Gasteiger partial charge on any atom is 0.276 e. The fraction of sp³-hybridized carbons (Fsp3) is 0.389. The first-order valence-corrected chi connectivity index (χ1v) is 9.43. The van der Waals surface area contributed by atoms with Gasteiger partial charge in [0.15, 0.2) is 5.69 Å². The number of nitrogens with one attached hydrogen (secondary N) is 1. The van der Waals surface area contributed by atoms with E-state index in [2.05, 4.69) is 26.5 Å². The van der Waals surface area contributed by atoms with Crippen molar-refractivity contribution in [1.82, 2.24) is 24.8 Å². The molecule has 136 valence electrons. The van der Waals surface area contributed by atoms with Crippen LogP contribution in [0.5, 0.6) is 0 Å². The molecule has 0 saturated heterocycles. The van der Waals surface area contributed by atoms with Crippen LogP contribution in [0.25, 0.3) is 0 Å². The van der Waals surface area contributed by atoms with Crippen LogP contribution in [0.4, 0.5) is 0 Å². The third-order valence-corrected chi connectivity index (χ3v) is 4.95. The van der Waals surface area contributed by atoms with Gasteiger partial charge in [0.1, 0.15) is 6.04 Å². The van der Waals surface area contributed by atoms with Crippen LogP contribution < -0.4 is 5.32 Å². The van der Waals surface area contributed by atoms with Gasteiger partial charge in [0, 0.05) is 30.4 Å². The van der Waals surface area contributed by atoms with Gasteiger partial charge in [-0.25, -0.2) is 0 Å². The summed E-state index contributed by atoms with van der Waals surface area (Å²) in [6.07, 6.45) is 9.02. The number of carbonyl (C=O) groups excluding carboxylic acids is 2. The highest BCUT2D eigenvalue weighted by Gasteiger charge is 2.33. The van der Waals surface area contributed by atoms with E-state index in [9.17, 15) is 9.59 Å². The fourth-order valence-corrected chi connectivity index (χ4v) is 3.65. The molecule has 1 unspecified atom stereocenters. The lowest BCUT2D eigenvalue weighted by atomic mass is 10.0. The van der Waals surface area contributed by atoms with E-state index in [1.807, 2.05) is 0 Å². The zero-order valence-corrected chi connectivity index (χ0v) is 15.2. The summed E-state index contributed by atoms with van der Waals surface area (Å²) in [6, 6.07) is 2.89. The summed E-state index contributed by atoms with van der Waals surface area (Å²) < 4.78 is 3.75. The van der Waals surface area contributed by atoms with Gasteiger partial charge in [-0.2, -0.15) is 0 Å². The number of carbonyl (C=O) groups is 2. The molecule has 0 spiro atoms. The number of aromatic nitrogens is 3. The number of hydrogen-bond donors (Lipinski definition) is 1. The van der Waals surface area contributed by atoms with Gasteiger partial charge in [-0.15, -0.1) is 11.7 Å². The van der Waals surface area contributed by atoms with E-state index < -0.39 is 6.04 Å². The van der Waals surface area contributed by atoms with Crippen LogP contribution in [-0.4, -0.2) is 43.9 Å². The highest BCUT2D eigenvalue weighted by atomic mass is 32.1. The zero-order valence-electron chi connectivity index (χ0n) is 14.4. The fourth-order valence-electron chi connectivity index (χ4n) is 3.22. The molecule has 1 aliphatic rings. The Morgan fingerprint density at radius 1 is 1.35 bits per heavy atom. The number of nitrogens with zero attached hydrogens (tertiary/aromatic N) is 4. The highest BCUT2D eigenvalue weighted by Crippen LogP contribution is 2.25. The highest BCUT2D eigenvalue weighted by molar-refractivity contribution is 7.03. The Morgan fingerprint density at radius 2 is 2.08 bits per heavy atom. The van der Waals surface area contributed by atoms with E-state index in [1.54, 1.807) is 36.0 Å². The first-order valence-electron chi connectivity index (χ1n) is 8.60. The molecule has 1 N–H and O–H groups in total. The zero-order chi connectivity index (χ0) is 18.4. The van der Waals surface area contributed by atoms with Crippen molar-refractivity contribution in [1.29, 1.82) is 0 Å². The average molecular weight is 371 g/mol. The predicted molar refractivity (Wildman–Crippen MR) is 98.5 cm³/mol. The Kier molecular flexibility index (Phi) is 6.06.